The van der Waals surface area contributed by atoms with Gasteiger partial charge in [0.05, 0.1) is 22.7 Å². The summed E-state index contributed by atoms with van der Waals surface area (Å²) < 4.78 is 34.5. The van der Waals surface area contributed by atoms with Crippen LogP contribution in [0.15, 0.2) is 102 Å². The van der Waals surface area contributed by atoms with E-state index >= 15 is 0 Å². The first kappa shape index (κ1) is 35.1. The average Bonchev–Trinajstić information content (AvgIpc) is 3.05. The smallest absolute Gasteiger partial charge is 0.264 e. The van der Waals surface area contributed by atoms with Crippen LogP contribution in [0.25, 0.3) is 0 Å². The number of ether oxygens (including phenoxy) is 1. The van der Waals surface area contributed by atoms with E-state index in [9.17, 15) is 18.0 Å². The molecular formula is C34H34Cl3N3O5S. The molecule has 4 rings (SSSR count). The van der Waals surface area contributed by atoms with Crippen molar-refractivity contribution in [3.63, 3.8) is 0 Å². The Bertz CT molecular complexity index is 1760. The highest BCUT2D eigenvalue weighted by atomic mass is 35.5. The molecule has 0 aliphatic carbocycles. The first-order valence-electron chi connectivity index (χ1n) is 14.5. The molecule has 0 spiro atoms. The number of amides is 2. The SMILES string of the molecule is CCCNC(=O)C(Cc1ccccc1)N(Cc1ccc(Cl)cc1Cl)C(=O)CN(c1ccc(OC)c(Cl)c1)S(=O)(=O)c1ccccc1. The molecule has 8 nitrogen and oxygen atoms in total. The lowest BCUT2D eigenvalue weighted by atomic mass is 10.0. The van der Waals surface area contributed by atoms with Crippen molar-refractivity contribution in [1.29, 1.82) is 0 Å². The Labute approximate surface area is 284 Å². The van der Waals surface area contributed by atoms with E-state index < -0.39 is 28.5 Å². The number of halogens is 3. The van der Waals surface area contributed by atoms with Crippen molar-refractivity contribution in [3.05, 3.63) is 123 Å². The molecule has 0 fully saturated rings. The number of anilines is 1. The van der Waals surface area contributed by atoms with E-state index in [0.717, 1.165) is 9.87 Å². The van der Waals surface area contributed by atoms with Crippen molar-refractivity contribution < 1.29 is 22.7 Å². The van der Waals surface area contributed by atoms with Gasteiger partial charge in [-0.3, -0.25) is 13.9 Å². The van der Waals surface area contributed by atoms with Gasteiger partial charge < -0.3 is 15.0 Å². The molecule has 2 amide bonds. The number of nitrogens with zero attached hydrogens (tertiary/aromatic N) is 2. The average molecular weight is 703 g/mol. The van der Waals surface area contributed by atoms with Crippen LogP contribution in [-0.4, -0.2) is 51.4 Å². The largest absolute Gasteiger partial charge is 0.495 e. The Morgan fingerprint density at radius 1 is 0.870 bits per heavy atom. The van der Waals surface area contributed by atoms with Crippen LogP contribution in [-0.2, 0) is 32.6 Å². The highest BCUT2D eigenvalue weighted by Gasteiger charge is 2.35. The number of benzene rings is 4. The fourth-order valence-electron chi connectivity index (χ4n) is 4.81. The predicted octanol–water partition coefficient (Wildman–Crippen LogP) is 7.02. The van der Waals surface area contributed by atoms with Crippen molar-refractivity contribution in [2.75, 3.05) is 24.5 Å². The summed E-state index contributed by atoms with van der Waals surface area (Å²) in [6.45, 7) is 1.59. The standard InChI is InChI=1S/C34H34Cl3N3O5S/c1-3-18-38-34(42)31(19-24-10-6-4-7-11-24)39(22-25-14-15-26(35)20-29(25)36)33(41)23-40(27-16-17-32(45-2)30(37)21-27)46(43,44)28-12-8-5-9-13-28/h4-17,20-21,31H,3,18-19,22-23H2,1-2H3,(H,38,42). The van der Waals surface area contributed by atoms with Gasteiger partial charge in [-0.2, -0.15) is 0 Å². The molecule has 0 radical (unpaired) electrons. The maximum atomic E-state index is 14.5. The molecule has 242 valence electrons. The van der Waals surface area contributed by atoms with Crippen molar-refractivity contribution >= 4 is 62.3 Å². The van der Waals surface area contributed by atoms with Gasteiger partial charge in [-0.15, -0.1) is 0 Å². The summed E-state index contributed by atoms with van der Waals surface area (Å²) in [5, 5.41) is 3.77. The van der Waals surface area contributed by atoms with Gasteiger partial charge in [-0.25, -0.2) is 8.42 Å². The molecule has 4 aromatic rings. The topological polar surface area (TPSA) is 96.0 Å². The molecule has 1 unspecified atom stereocenters. The lowest BCUT2D eigenvalue weighted by Crippen LogP contribution is -2.53. The fraction of sp³-hybridized carbons (Fsp3) is 0.235. The van der Waals surface area contributed by atoms with Gasteiger partial charge in [0.25, 0.3) is 10.0 Å². The maximum Gasteiger partial charge on any atom is 0.264 e. The highest BCUT2D eigenvalue weighted by molar-refractivity contribution is 7.92. The Morgan fingerprint density at radius 2 is 1.54 bits per heavy atom. The van der Waals surface area contributed by atoms with Gasteiger partial charge in [0, 0.05) is 29.6 Å². The van der Waals surface area contributed by atoms with Crippen LogP contribution in [0, 0.1) is 0 Å². The third-order valence-corrected chi connectivity index (χ3v) is 9.88. The minimum absolute atomic E-state index is 0.0245. The van der Waals surface area contributed by atoms with Crippen LogP contribution < -0.4 is 14.4 Å². The third-order valence-electron chi connectivity index (χ3n) is 7.21. The number of carbonyl (C=O) groups is 2. The molecule has 0 saturated carbocycles. The molecule has 1 N–H and O–H groups in total. The monoisotopic (exact) mass is 701 g/mol. The summed E-state index contributed by atoms with van der Waals surface area (Å²) in [5.41, 5.74) is 1.49. The van der Waals surface area contributed by atoms with E-state index in [4.69, 9.17) is 39.5 Å². The molecular weight excluding hydrogens is 669 g/mol. The Hall–Kier alpha value is -3.76. The number of carbonyl (C=O) groups excluding carboxylic acids is 2. The zero-order valence-electron chi connectivity index (χ0n) is 25.3. The second-order valence-electron chi connectivity index (χ2n) is 10.4. The summed E-state index contributed by atoms with van der Waals surface area (Å²) >= 11 is 19.1. The number of hydrogen-bond donors (Lipinski definition) is 1. The summed E-state index contributed by atoms with van der Waals surface area (Å²) in [6, 6.07) is 25.4. The van der Waals surface area contributed by atoms with Gasteiger partial charge in [0.15, 0.2) is 0 Å². The number of nitrogens with one attached hydrogen (secondary N) is 1. The fourth-order valence-corrected chi connectivity index (χ4v) is 6.96. The zero-order chi connectivity index (χ0) is 33.3. The van der Waals surface area contributed by atoms with E-state index in [0.29, 0.717) is 34.3 Å². The van der Waals surface area contributed by atoms with Crippen molar-refractivity contribution in [1.82, 2.24) is 10.2 Å². The van der Waals surface area contributed by atoms with Gasteiger partial charge in [0.1, 0.15) is 18.3 Å². The molecule has 12 heteroatoms. The van der Waals surface area contributed by atoms with E-state index in [-0.39, 0.29) is 34.5 Å². The summed E-state index contributed by atoms with van der Waals surface area (Å²) in [5.74, 6) is -0.678. The van der Waals surface area contributed by atoms with Crippen molar-refractivity contribution in [2.24, 2.45) is 0 Å². The molecule has 0 bridgehead atoms. The normalized spacial score (nSPS) is 11.8. The van der Waals surface area contributed by atoms with E-state index in [1.54, 1.807) is 36.4 Å². The minimum Gasteiger partial charge on any atom is -0.495 e. The lowest BCUT2D eigenvalue weighted by Gasteiger charge is -2.34. The van der Waals surface area contributed by atoms with Gasteiger partial charge in [-0.1, -0.05) is 96.3 Å². The molecule has 0 aromatic heterocycles. The van der Waals surface area contributed by atoms with E-state index in [2.05, 4.69) is 5.32 Å². The van der Waals surface area contributed by atoms with Gasteiger partial charge in [0.2, 0.25) is 11.8 Å². The summed E-state index contributed by atoms with van der Waals surface area (Å²) in [4.78, 5) is 29.6. The van der Waals surface area contributed by atoms with Crippen LogP contribution in [0.5, 0.6) is 5.75 Å². The molecule has 0 saturated heterocycles. The Morgan fingerprint density at radius 3 is 2.15 bits per heavy atom. The zero-order valence-corrected chi connectivity index (χ0v) is 28.4. The van der Waals surface area contributed by atoms with Crippen LogP contribution in [0.2, 0.25) is 15.1 Å². The molecule has 0 aliphatic rings. The second-order valence-corrected chi connectivity index (χ2v) is 13.5. The molecule has 0 aliphatic heterocycles. The van der Waals surface area contributed by atoms with Crippen LogP contribution in [0.1, 0.15) is 24.5 Å². The molecule has 1 atom stereocenters. The second kappa shape index (κ2) is 16.2. The lowest BCUT2D eigenvalue weighted by molar-refractivity contribution is -0.140. The van der Waals surface area contributed by atoms with Crippen LogP contribution in [0.3, 0.4) is 0 Å². The number of sulfonamides is 1. The van der Waals surface area contributed by atoms with E-state index in [1.165, 1.54) is 42.3 Å². The van der Waals surface area contributed by atoms with Crippen LogP contribution in [0.4, 0.5) is 5.69 Å². The number of rotatable bonds is 14. The third kappa shape index (κ3) is 8.73. The molecule has 0 heterocycles. The van der Waals surface area contributed by atoms with Gasteiger partial charge in [-0.05, 0) is 60.0 Å². The first-order valence-corrected chi connectivity index (χ1v) is 17.1. The van der Waals surface area contributed by atoms with Gasteiger partial charge >= 0.3 is 0 Å². The summed E-state index contributed by atoms with van der Waals surface area (Å²) in [7, 11) is -2.84. The Balaban J connectivity index is 1.83. The predicted molar refractivity (Wildman–Crippen MR) is 183 cm³/mol. The maximum absolute atomic E-state index is 14.5. The number of hydrogen-bond acceptors (Lipinski definition) is 5. The number of methoxy groups -OCH3 is 1. The molecule has 46 heavy (non-hydrogen) atoms. The van der Waals surface area contributed by atoms with Crippen molar-refractivity contribution in [3.8, 4) is 5.75 Å². The minimum atomic E-state index is -4.28. The molecule has 4 aromatic carbocycles. The highest BCUT2D eigenvalue weighted by Crippen LogP contribution is 2.32. The van der Waals surface area contributed by atoms with Crippen molar-refractivity contribution in [2.45, 2.75) is 37.2 Å². The van der Waals surface area contributed by atoms with Crippen LogP contribution >= 0.6 is 34.8 Å². The van der Waals surface area contributed by atoms with E-state index in [1.807, 2.05) is 37.3 Å². The summed E-state index contributed by atoms with van der Waals surface area (Å²) in [6.07, 6.45) is 0.856. The first-order chi connectivity index (χ1) is 22.0. The quantitative estimate of drug-likeness (QED) is 0.153. The Kier molecular flexibility index (Phi) is 12.3.